The fraction of sp³-hybridized carbons (Fsp3) is 0.609. The Hall–Kier alpha value is -2.44. The number of hydrogen-bond acceptors (Lipinski definition) is 8. The number of benzene rings is 1. The summed E-state index contributed by atoms with van der Waals surface area (Å²) in [6.45, 7) is 4.77. The van der Waals surface area contributed by atoms with Crippen LogP contribution in [0.4, 0.5) is 10.2 Å². The van der Waals surface area contributed by atoms with E-state index in [-0.39, 0.29) is 57.7 Å². The van der Waals surface area contributed by atoms with Gasteiger partial charge in [-0.1, -0.05) is 19.1 Å². The normalized spacial score (nSPS) is 15.8. The highest BCUT2D eigenvalue weighted by Crippen LogP contribution is 2.18. The number of nitrogens with zero attached hydrogens (tertiary/aromatic N) is 1. The first-order chi connectivity index (χ1) is 16.5. The van der Waals surface area contributed by atoms with E-state index in [0.717, 1.165) is 0 Å². The molecule has 1 atom stereocenters. The molecule has 3 amide bonds. The summed E-state index contributed by atoms with van der Waals surface area (Å²) in [5, 5.41) is 2.73. The quantitative estimate of drug-likeness (QED) is 0.248. The van der Waals surface area contributed by atoms with Crippen molar-refractivity contribution >= 4 is 23.4 Å². The summed E-state index contributed by atoms with van der Waals surface area (Å²) in [6, 6.07) is 6.69. The third-order valence-corrected chi connectivity index (χ3v) is 4.98. The van der Waals surface area contributed by atoms with Gasteiger partial charge in [-0.2, -0.15) is 4.94 Å². The summed E-state index contributed by atoms with van der Waals surface area (Å²) in [7, 11) is 0. The minimum Gasteiger partial charge on any atom is -0.379 e. The Morgan fingerprint density at radius 1 is 0.971 bits per heavy atom. The van der Waals surface area contributed by atoms with Crippen LogP contribution in [0.5, 0.6) is 0 Å². The van der Waals surface area contributed by atoms with E-state index in [1.807, 2.05) is 0 Å². The van der Waals surface area contributed by atoms with Crippen molar-refractivity contribution in [3.05, 3.63) is 29.8 Å². The number of amides is 3. The molecule has 1 N–H and O–H groups in total. The van der Waals surface area contributed by atoms with Crippen molar-refractivity contribution < 1.29 is 44.2 Å². The predicted octanol–water partition coefficient (Wildman–Crippen LogP) is 2.12. The lowest BCUT2D eigenvalue weighted by atomic mass is 10.1. The van der Waals surface area contributed by atoms with Crippen molar-refractivity contribution in [3.63, 3.8) is 0 Å². The molecule has 0 aromatic heterocycles. The molecule has 1 saturated heterocycles. The molecule has 10 nitrogen and oxygen atoms in total. The third kappa shape index (κ3) is 10.7. The largest absolute Gasteiger partial charge is 0.379 e. The van der Waals surface area contributed by atoms with Gasteiger partial charge in [0.2, 0.25) is 17.7 Å². The first kappa shape index (κ1) is 27.8. The SMILES string of the molecule is CC1CC(=O)N(CCOCCOCCOCCOCCC(=O)Nc2ccc(COF)cc2)C1=O.[HH]. The van der Waals surface area contributed by atoms with Crippen LogP contribution in [0.3, 0.4) is 0 Å². The lowest BCUT2D eigenvalue weighted by molar-refractivity contribution is -0.144. The molecule has 2 rings (SSSR count). The number of anilines is 1. The van der Waals surface area contributed by atoms with Crippen LogP contribution in [-0.4, -0.2) is 82.0 Å². The van der Waals surface area contributed by atoms with Crippen LogP contribution in [0.1, 0.15) is 26.8 Å². The molecule has 1 aromatic carbocycles. The van der Waals surface area contributed by atoms with Gasteiger partial charge in [-0.3, -0.25) is 19.3 Å². The zero-order valence-corrected chi connectivity index (χ0v) is 19.5. The van der Waals surface area contributed by atoms with Gasteiger partial charge in [0.15, 0.2) is 0 Å². The summed E-state index contributed by atoms with van der Waals surface area (Å²) in [5.41, 5.74) is 1.29. The van der Waals surface area contributed by atoms with E-state index in [1.54, 1.807) is 31.2 Å². The number of halogens is 1. The van der Waals surface area contributed by atoms with Gasteiger partial charge in [0, 0.05) is 19.5 Å². The van der Waals surface area contributed by atoms with Gasteiger partial charge in [-0.15, -0.1) is 0 Å². The van der Waals surface area contributed by atoms with Crippen LogP contribution < -0.4 is 5.32 Å². The second kappa shape index (κ2) is 16.2. The molecule has 0 bridgehead atoms. The van der Waals surface area contributed by atoms with E-state index in [9.17, 15) is 18.9 Å². The Labute approximate surface area is 200 Å². The molecule has 0 aliphatic carbocycles. The van der Waals surface area contributed by atoms with Crippen LogP contribution in [0.25, 0.3) is 0 Å². The monoisotopic (exact) mass is 486 g/mol. The lowest BCUT2D eigenvalue weighted by Gasteiger charge is -2.14. The Morgan fingerprint density at radius 2 is 1.53 bits per heavy atom. The van der Waals surface area contributed by atoms with E-state index in [2.05, 4.69) is 10.3 Å². The summed E-state index contributed by atoms with van der Waals surface area (Å²) < 4.78 is 33.3. The van der Waals surface area contributed by atoms with Crippen LogP contribution >= 0.6 is 0 Å². The molecular weight excluding hydrogens is 451 g/mol. The standard InChI is InChI=1S/C23H33FN2O8.H2/c1-18-16-22(28)26(23(18)29)7-9-31-11-13-33-15-14-32-12-10-30-8-6-21(27)25-20-4-2-19(3-5-20)17-34-24;/h2-5,18H,6-17H2,1H3,(H,25,27);1H. The molecule has 1 aliphatic heterocycles. The molecule has 1 heterocycles. The summed E-state index contributed by atoms with van der Waals surface area (Å²) in [4.78, 5) is 40.1. The molecule has 1 unspecified atom stereocenters. The van der Waals surface area contributed by atoms with E-state index in [0.29, 0.717) is 57.5 Å². The number of carbonyl (C=O) groups is 3. The summed E-state index contributed by atoms with van der Waals surface area (Å²) >= 11 is 0. The molecule has 0 saturated carbocycles. The minimum atomic E-state index is -0.235. The number of imide groups is 1. The van der Waals surface area contributed by atoms with Gasteiger partial charge in [-0.05, 0) is 22.2 Å². The molecule has 1 fully saturated rings. The number of rotatable bonds is 18. The molecule has 0 spiro atoms. The highest BCUT2D eigenvalue weighted by Gasteiger charge is 2.34. The number of ether oxygens (including phenoxy) is 4. The fourth-order valence-electron chi connectivity index (χ4n) is 3.14. The van der Waals surface area contributed by atoms with Crippen LogP contribution in [-0.2, 0) is 44.9 Å². The second-order valence-corrected chi connectivity index (χ2v) is 7.69. The van der Waals surface area contributed by atoms with Crippen molar-refractivity contribution in [2.24, 2.45) is 5.92 Å². The molecule has 0 radical (unpaired) electrons. The number of nitrogens with one attached hydrogen (secondary N) is 1. The zero-order valence-electron chi connectivity index (χ0n) is 19.5. The van der Waals surface area contributed by atoms with Gasteiger partial charge in [0.25, 0.3) is 0 Å². The van der Waals surface area contributed by atoms with E-state index < -0.39 is 0 Å². The summed E-state index contributed by atoms with van der Waals surface area (Å²) in [5.74, 6) is -0.695. The fourth-order valence-corrected chi connectivity index (χ4v) is 3.14. The molecule has 1 aliphatic rings. The number of carbonyl (C=O) groups excluding carboxylic acids is 3. The second-order valence-electron chi connectivity index (χ2n) is 7.69. The maximum absolute atomic E-state index is 11.9. The van der Waals surface area contributed by atoms with Crippen molar-refractivity contribution in [2.45, 2.75) is 26.4 Å². The smallest absolute Gasteiger partial charge is 0.232 e. The maximum Gasteiger partial charge on any atom is 0.232 e. The van der Waals surface area contributed by atoms with E-state index >= 15 is 0 Å². The molecule has 1 aromatic rings. The minimum absolute atomic E-state index is 0. The average Bonchev–Trinajstić information content (AvgIpc) is 3.06. The van der Waals surface area contributed by atoms with E-state index in [1.165, 1.54) is 4.90 Å². The Bertz CT molecular complexity index is 768. The Morgan fingerprint density at radius 3 is 2.06 bits per heavy atom. The van der Waals surface area contributed by atoms with E-state index in [4.69, 9.17) is 18.9 Å². The van der Waals surface area contributed by atoms with Crippen LogP contribution in [0, 0.1) is 5.92 Å². The average molecular weight is 487 g/mol. The number of likely N-dealkylation sites (tertiary alicyclic amines) is 1. The van der Waals surface area contributed by atoms with Crippen molar-refractivity contribution in [1.29, 1.82) is 0 Å². The highest BCUT2D eigenvalue weighted by molar-refractivity contribution is 6.03. The molecule has 34 heavy (non-hydrogen) atoms. The summed E-state index contributed by atoms with van der Waals surface area (Å²) in [6.07, 6.45) is 0.482. The lowest BCUT2D eigenvalue weighted by Crippen LogP contribution is -2.33. The van der Waals surface area contributed by atoms with Gasteiger partial charge >= 0.3 is 0 Å². The Balaban J connectivity index is 0.00000612. The van der Waals surface area contributed by atoms with Gasteiger partial charge in [0.1, 0.15) is 6.61 Å². The van der Waals surface area contributed by atoms with Gasteiger partial charge < -0.3 is 24.3 Å². The van der Waals surface area contributed by atoms with Crippen LogP contribution in [0.2, 0.25) is 0 Å². The zero-order chi connectivity index (χ0) is 24.6. The van der Waals surface area contributed by atoms with Crippen molar-refractivity contribution in [3.8, 4) is 0 Å². The Kier molecular flexibility index (Phi) is 13.3. The first-order valence-corrected chi connectivity index (χ1v) is 11.3. The molecule has 192 valence electrons. The third-order valence-electron chi connectivity index (χ3n) is 4.98. The molecular formula is C23H35FN2O8. The predicted molar refractivity (Wildman–Crippen MR) is 121 cm³/mol. The maximum atomic E-state index is 11.9. The van der Waals surface area contributed by atoms with Gasteiger partial charge in [0.05, 0.1) is 65.8 Å². The van der Waals surface area contributed by atoms with Crippen LogP contribution in [0.15, 0.2) is 24.3 Å². The van der Waals surface area contributed by atoms with Crippen molar-refractivity contribution in [1.82, 2.24) is 4.90 Å². The highest BCUT2D eigenvalue weighted by atomic mass is 19.3. The first-order valence-electron chi connectivity index (χ1n) is 11.3. The van der Waals surface area contributed by atoms with Gasteiger partial charge in [-0.25, -0.2) is 0 Å². The number of hydrogen-bond donors (Lipinski definition) is 1. The van der Waals surface area contributed by atoms with Crippen molar-refractivity contribution in [2.75, 3.05) is 64.7 Å². The topological polar surface area (TPSA) is 113 Å². The molecule has 11 heteroatoms.